The SMILES string of the molecule is CC(=O)N[C@@](CS)(C(=O)O)C(Cl)=CCl. The van der Waals surface area contributed by atoms with Gasteiger partial charge in [0.1, 0.15) is 0 Å². The van der Waals surface area contributed by atoms with Gasteiger partial charge in [-0.1, -0.05) is 23.2 Å². The first-order valence-corrected chi connectivity index (χ1v) is 4.94. The molecular formula is C7H9Cl2NO3S. The number of aliphatic carboxylic acids is 1. The lowest BCUT2D eigenvalue weighted by Crippen LogP contribution is -2.56. The van der Waals surface area contributed by atoms with Gasteiger partial charge in [-0.3, -0.25) is 4.79 Å². The summed E-state index contributed by atoms with van der Waals surface area (Å²) in [5.41, 5.74) is -0.861. The molecule has 0 aromatic rings. The Morgan fingerprint density at radius 3 is 2.36 bits per heavy atom. The van der Waals surface area contributed by atoms with Gasteiger partial charge in [0, 0.05) is 18.2 Å². The van der Waals surface area contributed by atoms with Crippen molar-refractivity contribution in [1.82, 2.24) is 5.32 Å². The van der Waals surface area contributed by atoms with Gasteiger partial charge in [0.25, 0.3) is 0 Å². The third-order valence-electron chi connectivity index (χ3n) is 1.50. The number of carbonyl (C=O) groups excluding carboxylic acids is 1. The zero-order valence-electron chi connectivity index (χ0n) is 7.25. The highest BCUT2D eigenvalue weighted by molar-refractivity contribution is 7.80. The van der Waals surface area contributed by atoms with E-state index in [0.29, 0.717) is 0 Å². The lowest BCUT2D eigenvalue weighted by Gasteiger charge is -2.27. The summed E-state index contributed by atoms with van der Waals surface area (Å²) in [6.07, 6.45) is 0. The summed E-state index contributed by atoms with van der Waals surface area (Å²) in [5, 5.41) is 10.9. The summed E-state index contributed by atoms with van der Waals surface area (Å²) in [5.74, 6) is -2.04. The first-order chi connectivity index (χ1) is 6.40. The Morgan fingerprint density at radius 1 is 1.64 bits per heavy atom. The van der Waals surface area contributed by atoms with E-state index in [0.717, 1.165) is 5.54 Å². The van der Waals surface area contributed by atoms with Crippen LogP contribution >= 0.6 is 35.8 Å². The molecule has 80 valence electrons. The van der Waals surface area contributed by atoms with Gasteiger partial charge in [-0.2, -0.15) is 12.6 Å². The number of carboxylic acid groups (broad SMARTS) is 1. The molecule has 2 N–H and O–H groups in total. The van der Waals surface area contributed by atoms with Crippen LogP contribution in [0, 0.1) is 0 Å². The van der Waals surface area contributed by atoms with Crippen LogP contribution in [0.25, 0.3) is 0 Å². The molecule has 0 saturated carbocycles. The largest absolute Gasteiger partial charge is 0.479 e. The van der Waals surface area contributed by atoms with Crippen LogP contribution in [0.5, 0.6) is 0 Å². The normalized spacial score (nSPS) is 15.9. The van der Waals surface area contributed by atoms with Crippen LogP contribution in [-0.4, -0.2) is 28.3 Å². The molecule has 1 amide bonds. The zero-order valence-corrected chi connectivity index (χ0v) is 9.66. The number of hydrogen-bond acceptors (Lipinski definition) is 3. The number of halogens is 2. The summed E-state index contributed by atoms with van der Waals surface area (Å²) in [6, 6.07) is 0. The second-order valence-electron chi connectivity index (χ2n) is 2.51. The summed E-state index contributed by atoms with van der Waals surface area (Å²) in [6.45, 7) is 1.18. The zero-order chi connectivity index (χ0) is 11.4. The summed E-state index contributed by atoms with van der Waals surface area (Å²) in [7, 11) is 0. The van der Waals surface area contributed by atoms with Crippen molar-refractivity contribution in [2.75, 3.05) is 5.75 Å². The van der Waals surface area contributed by atoms with Crippen LogP contribution in [0.1, 0.15) is 6.92 Å². The molecule has 0 radical (unpaired) electrons. The van der Waals surface area contributed by atoms with Crippen LogP contribution in [0.2, 0.25) is 0 Å². The highest BCUT2D eigenvalue weighted by Gasteiger charge is 2.41. The maximum atomic E-state index is 10.9. The van der Waals surface area contributed by atoms with Gasteiger partial charge in [0.05, 0.1) is 5.03 Å². The number of rotatable bonds is 4. The van der Waals surface area contributed by atoms with Crippen molar-refractivity contribution in [3.63, 3.8) is 0 Å². The molecule has 0 spiro atoms. The van der Waals surface area contributed by atoms with E-state index >= 15 is 0 Å². The Hall–Kier alpha value is -0.390. The highest BCUT2D eigenvalue weighted by Crippen LogP contribution is 2.24. The van der Waals surface area contributed by atoms with Gasteiger partial charge in [0.2, 0.25) is 5.91 Å². The quantitative estimate of drug-likeness (QED) is 0.664. The van der Waals surface area contributed by atoms with Crippen molar-refractivity contribution in [2.24, 2.45) is 0 Å². The summed E-state index contributed by atoms with van der Waals surface area (Å²) >= 11 is 14.7. The molecule has 1 atom stereocenters. The Morgan fingerprint density at radius 2 is 2.14 bits per heavy atom. The average Bonchev–Trinajstić information content (AvgIpc) is 2.12. The molecule has 0 aliphatic heterocycles. The van der Waals surface area contributed by atoms with Gasteiger partial charge in [0.15, 0.2) is 5.54 Å². The third kappa shape index (κ3) is 2.80. The summed E-state index contributed by atoms with van der Waals surface area (Å²) in [4.78, 5) is 21.7. The molecule has 0 bridgehead atoms. The molecule has 0 aliphatic carbocycles. The predicted octanol–water partition coefficient (Wildman–Crippen LogP) is 1.19. The first kappa shape index (κ1) is 13.6. The maximum Gasteiger partial charge on any atom is 0.335 e. The van der Waals surface area contributed by atoms with Crippen molar-refractivity contribution < 1.29 is 14.7 Å². The van der Waals surface area contributed by atoms with Crippen molar-refractivity contribution in [3.05, 3.63) is 10.6 Å². The van der Waals surface area contributed by atoms with E-state index in [2.05, 4.69) is 17.9 Å². The Balaban J connectivity index is 5.19. The minimum atomic E-state index is -1.75. The minimum absolute atomic E-state index is 0.191. The number of amides is 1. The molecule has 0 aromatic carbocycles. The van der Waals surface area contributed by atoms with Crippen LogP contribution in [0.15, 0.2) is 10.6 Å². The second kappa shape index (κ2) is 5.48. The number of nitrogens with one attached hydrogen (secondary N) is 1. The predicted molar refractivity (Wildman–Crippen MR) is 57.8 cm³/mol. The van der Waals surface area contributed by atoms with E-state index in [-0.39, 0.29) is 10.8 Å². The molecule has 0 fully saturated rings. The standard InChI is InChI=1S/C7H9Cl2NO3S/c1-4(11)10-7(3-14,6(12)13)5(9)2-8/h2,14H,3H2,1H3,(H,10,11)(H,12,13)/t7-/m1/s1. The van der Waals surface area contributed by atoms with Crippen molar-refractivity contribution in [2.45, 2.75) is 12.5 Å². The average molecular weight is 258 g/mol. The fraction of sp³-hybridized carbons (Fsp3) is 0.429. The van der Waals surface area contributed by atoms with Crippen LogP contribution in [-0.2, 0) is 9.59 Å². The van der Waals surface area contributed by atoms with Crippen molar-refractivity contribution in [3.8, 4) is 0 Å². The van der Waals surface area contributed by atoms with E-state index in [1.807, 2.05) is 0 Å². The molecule has 7 heteroatoms. The second-order valence-corrected chi connectivity index (χ2v) is 3.45. The minimum Gasteiger partial charge on any atom is -0.479 e. The number of carbonyl (C=O) groups is 2. The maximum absolute atomic E-state index is 10.9. The molecular weight excluding hydrogens is 249 g/mol. The topological polar surface area (TPSA) is 66.4 Å². The smallest absolute Gasteiger partial charge is 0.335 e. The van der Waals surface area contributed by atoms with Crippen LogP contribution < -0.4 is 5.32 Å². The fourth-order valence-electron chi connectivity index (χ4n) is 0.792. The Bertz CT molecular complexity index is 282. The molecule has 0 rings (SSSR count). The van der Waals surface area contributed by atoms with E-state index in [9.17, 15) is 9.59 Å². The molecule has 0 aromatic heterocycles. The number of thiol groups is 1. The van der Waals surface area contributed by atoms with Crippen LogP contribution in [0.3, 0.4) is 0 Å². The molecule has 4 nitrogen and oxygen atoms in total. The number of hydrogen-bond donors (Lipinski definition) is 3. The van der Waals surface area contributed by atoms with Gasteiger partial charge >= 0.3 is 5.97 Å². The van der Waals surface area contributed by atoms with E-state index in [4.69, 9.17) is 28.3 Å². The van der Waals surface area contributed by atoms with Crippen molar-refractivity contribution in [1.29, 1.82) is 0 Å². The van der Waals surface area contributed by atoms with Gasteiger partial charge in [-0.05, 0) is 0 Å². The fourth-order valence-corrected chi connectivity index (χ4v) is 1.65. The monoisotopic (exact) mass is 257 g/mol. The van der Waals surface area contributed by atoms with E-state index < -0.39 is 17.4 Å². The lowest BCUT2D eigenvalue weighted by atomic mass is 10.0. The highest BCUT2D eigenvalue weighted by atomic mass is 35.5. The van der Waals surface area contributed by atoms with Crippen LogP contribution in [0.4, 0.5) is 0 Å². The van der Waals surface area contributed by atoms with E-state index in [1.165, 1.54) is 6.92 Å². The van der Waals surface area contributed by atoms with E-state index in [1.54, 1.807) is 0 Å². The van der Waals surface area contributed by atoms with Crippen molar-refractivity contribution >= 4 is 47.7 Å². The van der Waals surface area contributed by atoms with Gasteiger partial charge in [-0.25, -0.2) is 4.79 Å². The van der Waals surface area contributed by atoms with Gasteiger partial charge in [-0.15, -0.1) is 0 Å². The number of carboxylic acids is 1. The molecule has 0 unspecified atom stereocenters. The molecule has 0 aliphatic rings. The first-order valence-electron chi connectivity index (χ1n) is 3.50. The lowest BCUT2D eigenvalue weighted by molar-refractivity contribution is -0.144. The Kier molecular flexibility index (Phi) is 5.33. The molecule has 0 saturated heterocycles. The van der Waals surface area contributed by atoms with Gasteiger partial charge < -0.3 is 10.4 Å². The summed E-state index contributed by atoms with van der Waals surface area (Å²) < 4.78 is 0. The Labute approximate surface area is 96.7 Å². The molecule has 14 heavy (non-hydrogen) atoms. The molecule has 0 heterocycles. The third-order valence-corrected chi connectivity index (χ3v) is 2.73.